The maximum Gasteiger partial charge on any atom is 0.126 e. The number of aryl methyl sites for hydroxylation is 1. The van der Waals surface area contributed by atoms with E-state index in [9.17, 15) is 0 Å². The predicted molar refractivity (Wildman–Crippen MR) is 86.7 cm³/mol. The van der Waals surface area contributed by atoms with Crippen molar-refractivity contribution in [2.45, 2.75) is 6.92 Å². The molecule has 0 aliphatic heterocycles. The zero-order chi connectivity index (χ0) is 14.2. The monoisotopic (exact) mass is 272 g/mol. The van der Waals surface area contributed by atoms with Crippen LogP contribution in [0.15, 0.2) is 66.8 Å². The summed E-state index contributed by atoms with van der Waals surface area (Å²) in [6, 6.07) is 8.21. The fourth-order valence-electron chi connectivity index (χ4n) is 3.05. The van der Waals surface area contributed by atoms with Gasteiger partial charge in [0, 0.05) is 17.2 Å². The van der Waals surface area contributed by atoms with Crippen molar-refractivity contribution in [2.75, 3.05) is 0 Å². The minimum Gasteiger partial charge on any atom is -0.233 e. The van der Waals surface area contributed by atoms with Crippen LogP contribution in [0.25, 0.3) is 16.5 Å². The number of hydrogen-bond donors (Lipinski definition) is 0. The van der Waals surface area contributed by atoms with Crippen molar-refractivity contribution in [3.8, 4) is 0 Å². The summed E-state index contributed by atoms with van der Waals surface area (Å²) in [6.07, 6.45) is 15.5. The van der Waals surface area contributed by atoms with Gasteiger partial charge in [0.05, 0.1) is 11.2 Å². The Kier molecular flexibility index (Phi) is 2.81. The van der Waals surface area contributed by atoms with Gasteiger partial charge in [0.1, 0.15) is 5.82 Å². The molecule has 2 aromatic rings. The number of hydrogen-bond acceptors (Lipinski definition) is 2. The van der Waals surface area contributed by atoms with Crippen LogP contribution >= 0.6 is 0 Å². The molecule has 4 rings (SSSR count). The molecular weight excluding hydrogens is 256 g/mol. The van der Waals surface area contributed by atoms with Gasteiger partial charge in [-0.2, -0.15) is 0 Å². The highest BCUT2D eigenvalue weighted by Gasteiger charge is 2.20. The number of fused-ring (bicyclic) bond motifs is 2. The van der Waals surface area contributed by atoms with E-state index in [1.54, 1.807) is 0 Å². The first-order valence-corrected chi connectivity index (χ1v) is 7.30. The van der Waals surface area contributed by atoms with Crippen LogP contribution in [0.4, 0.5) is 0 Å². The molecule has 2 nitrogen and oxygen atoms in total. The topological polar surface area (TPSA) is 25.8 Å². The lowest BCUT2D eigenvalue weighted by atomic mass is 9.82. The zero-order valence-corrected chi connectivity index (χ0v) is 11.9. The Labute approximate surface area is 124 Å². The molecule has 2 aliphatic rings. The quantitative estimate of drug-likeness (QED) is 0.775. The summed E-state index contributed by atoms with van der Waals surface area (Å²) in [5.74, 6) is 1.73. The van der Waals surface area contributed by atoms with E-state index in [-0.39, 0.29) is 0 Å². The fraction of sp³-hybridized carbons (Fsp3) is 0.158. The van der Waals surface area contributed by atoms with Gasteiger partial charge in [-0.1, -0.05) is 60.7 Å². The van der Waals surface area contributed by atoms with Crippen molar-refractivity contribution in [1.82, 2.24) is 9.97 Å². The lowest BCUT2D eigenvalue weighted by molar-refractivity contribution is 0.662. The highest BCUT2D eigenvalue weighted by molar-refractivity contribution is 5.92. The molecule has 2 heteroatoms. The molecule has 1 heterocycles. The minimum absolute atomic E-state index is 0.434. The standard InChI is InChI=1S/C19H16N2/c1-13-20-18-9-5-4-8-17(18)19(21-13)16-11-10-14-6-2-3-7-15(14)12-16/h2-12,14-15H,1H3. The van der Waals surface area contributed by atoms with Crippen molar-refractivity contribution in [3.05, 3.63) is 78.3 Å². The van der Waals surface area contributed by atoms with Gasteiger partial charge in [0.25, 0.3) is 0 Å². The number of para-hydroxylation sites is 1. The number of nitrogens with zero attached hydrogens (tertiary/aromatic N) is 2. The number of allylic oxidation sites excluding steroid dienone is 8. The predicted octanol–water partition coefficient (Wildman–Crippen LogP) is 4.25. The van der Waals surface area contributed by atoms with E-state index in [1.807, 2.05) is 25.1 Å². The van der Waals surface area contributed by atoms with Gasteiger partial charge < -0.3 is 0 Å². The first kappa shape index (κ1) is 12.3. The minimum atomic E-state index is 0.434. The molecule has 0 fully saturated rings. The molecule has 0 amide bonds. The summed E-state index contributed by atoms with van der Waals surface area (Å²) in [4.78, 5) is 9.21. The summed E-state index contributed by atoms with van der Waals surface area (Å²) in [5.41, 5.74) is 3.24. The third kappa shape index (κ3) is 2.13. The van der Waals surface area contributed by atoms with Gasteiger partial charge in [-0.25, -0.2) is 9.97 Å². The van der Waals surface area contributed by atoms with E-state index in [0.717, 1.165) is 22.4 Å². The zero-order valence-electron chi connectivity index (χ0n) is 11.9. The maximum atomic E-state index is 4.69. The Hall–Kier alpha value is -2.48. The van der Waals surface area contributed by atoms with E-state index in [4.69, 9.17) is 0 Å². The summed E-state index contributed by atoms with van der Waals surface area (Å²) in [5, 5.41) is 1.12. The summed E-state index contributed by atoms with van der Waals surface area (Å²) >= 11 is 0. The van der Waals surface area contributed by atoms with Crippen molar-refractivity contribution >= 4 is 16.5 Å². The third-order valence-corrected chi connectivity index (χ3v) is 4.08. The normalized spacial score (nSPS) is 23.2. The molecule has 0 bridgehead atoms. The van der Waals surface area contributed by atoms with E-state index in [1.165, 1.54) is 5.57 Å². The van der Waals surface area contributed by atoms with Crippen molar-refractivity contribution in [1.29, 1.82) is 0 Å². The molecule has 0 spiro atoms. The number of benzene rings is 1. The van der Waals surface area contributed by atoms with Crippen LogP contribution < -0.4 is 0 Å². The maximum absolute atomic E-state index is 4.69. The molecule has 1 aromatic heterocycles. The summed E-state index contributed by atoms with van der Waals surface area (Å²) < 4.78 is 0. The largest absolute Gasteiger partial charge is 0.233 e. The smallest absolute Gasteiger partial charge is 0.126 e. The van der Waals surface area contributed by atoms with Crippen molar-refractivity contribution < 1.29 is 0 Å². The highest BCUT2D eigenvalue weighted by atomic mass is 14.9. The van der Waals surface area contributed by atoms with Crippen LogP contribution in [-0.2, 0) is 0 Å². The third-order valence-electron chi connectivity index (χ3n) is 4.08. The lowest BCUT2D eigenvalue weighted by Crippen LogP contribution is -2.12. The van der Waals surface area contributed by atoms with E-state index in [0.29, 0.717) is 11.8 Å². The molecule has 0 N–H and O–H groups in total. The highest BCUT2D eigenvalue weighted by Crippen LogP contribution is 2.33. The Morgan fingerprint density at radius 3 is 2.62 bits per heavy atom. The second-order valence-corrected chi connectivity index (χ2v) is 5.54. The first-order valence-electron chi connectivity index (χ1n) is 7.30. The first-order chi connectivity index (χ1) is 10.3. The van der Waals surface area contributed by atoms with Crippen LogP contribution in [-0.4, -0.2) is 9.97 Å². The lowest BCUT2D eigenvalue weighted by Gasteiger charge is -2.23. The second kappa shape index (κ2) is 4.81. The van der Waals surface area contributed by atoms with E-state index < -0.39 is 0 Å². The van der Waals surface area contributed by atoms with Gasteiger partial charge >= 0.3 is 0 Å². The van der Waals surface area contributed by atoms with Crippen molar-refractivity contribution in [2.24, 2.45) is 11.8 Å². The number of rotatable bonds is 1. The van der Waals surface area contributed by atoms with Crippen LogP contribution in [0.3, 0.4) is 0 Å². The molecular formula is C19H16N2. The Bertz CT molecular complexity index is 825. The van der Waals surface area contributed by atoms with Crippen molar-refractivity contribution in [3.63, 3.8) is 0 Å². The van der Waals surface area contributed by atoms with Crippen LogP contribution in [0.2, 0.25) is 0 Å². The molecule has 0 saturated carbocycles. The molecule has 21 heavy (non-hydrogen) atoms. The molecule has 2 aliphatic carbocycles. The van der Waals surface area contributed by atoms with Crippen LogP contribution in [0.1, 0.15) is 11.5 Å². The molecule has 2 atom stereocenters. The fourth-order valence-corrected chi connectivity index (χ4v) is 3.05. The van der Waals surface area contributed by atoms with E-state index >= 15 is 0 Å². The molecule has 102 valence electrons. The SMILES string of the molecule is Cc1nc(C2=CC3C=CC=CC3C=C2)c2ccccc2n1. The Morgan fingerprint density at radius 1 is 0.905 bits per heavy atom. The van der Waals surface area contributed by atoms with Gasteiger partial charge in [0.2, 0.25) is 0 Å². The molecule has 0 radical (unpaired) electrons. The molecule has 2 unspecified atom stereocenters. The number of aromatic nitrogens is 2. The van der Waals surface area contributed by atoms with Gasteiger partial charge in [-0.15, -0.1) is 0 Å². The van der Waals surface area contributed by atoms with Crippen LogP contribution in [0, 0.1) is 18.8 Å². The van der Waals surface area contributed by atoms with Gasteiger partial charge in [0.15, 0.2) is 0 Å². The summed E-state index contributed by atoms with van der Waals surface area (Å²) in [6.45, 7) is 1.95. The Morgan fingerprint density at radius 2 is 1.71 bits per heavy atom. The second-order valence-electron chi connectivity index (χ2n) is 5.54. The molecule has 1 aromatic carbocycles. The van der Waals surface area contributed by atoms with Crippen LogP contribution in [0.5, 0.6) is 0 Å². The Balaban J connectivity index is 1.87. The average Bonchev–Trinajstić information content (AvgIpc) is 2.53. The molecule has 0 saturated heterocycles. The van der Waals surface area contributed by atoms with Gasteiger partial charge in [-0.3, -0.25) is 0 Å². The van der Waals surface area contributed by atoms with Gasteiger partial charge in [-0.05, 0) is 18.6 Å². The summed E-state index contributed by atoms with van der Waals surface area (Å²) in [7, 11) is 0. The van der Waals surface area contributed by atoms with E-state index in [2.05, 4.69) is 58.6 Å². The average molecular weight is 272 g/mol.